The third kappa shape index (κ3) is 2.79. The number of fused-ring (bicyclic) bond motifs is 1. The molecule has 1 aromatic carbocycles. The van der Waals surface area contributed by atoms with Crippen molar-refractivity contribution < 1.29 is 4.74 Å². The van der Waals surface area contributed by atoms with Gasteiger partial charge in [-0.05, 0) is 42.7 Å². The molecule has 0 amide bonds. The Morgan fingerprint density at radius 2 is 1.84 bits per heavy atom. The van der Waals surface area contributed by atoms with Crippen molar-refractivity contribution in [3.05, 3.63) is 29.8 Å². The first kappa shape index (κ1) is 13.0. The van der Waals surface area contributed by atoms with Gasteiger partial charge in [-0.25, -0.2) is 0 Å². The molecule has 1 saturated carbocycles. The smallest absolute Gasteiger partial charge is 0.123 e. The minimum atomic E-state index is -0.0117. The first-order valence-electron chi connectivity index (χ1n) is 7.49. The fourth-order valence-electron chi connectivity index (χ4n) is 3.45. The van der Waals surface area contributed by atoms with Gasteiger partial charge in [0, 0.05) is 18.4 Å². The molecule has 2 heteroatoms. The van der Waals surface area contributed by atoms with Crippen LogP contribution in [0.3, 0.4) is 0 Å². The molecule has 1 atom stereocenters. The summed E-state index contributed by atoms with van der Waals surface area (Å²) in [5, 5.41) is 0. The van der Waals surface area contributed by atoms with Crippen molar-refractivity contribution >= 4 is 0 Å². The quantitative estimate of drug-likeness (QED) is 0.879. The molecule has 2 nitrogen and oxygen atoms in total. The summed E-state index contributed by atoms with van der Waals surface area (Å²) in [4.78, 5) is 0. The van der Waals surface area contributed by atoms with Gasteiger partial charge >= 0.3 is 0 Å². The molecule has 0 radical (unpaired) electrons. The van der Waals surface area contributed by atoms with E-state index in [1.165, 1.54) is 18.4 Å². The molecule has 2 N–H and O–H groups in total. The van der Waals surface area contributed by atoms with Gasteiger partial charge in [0.05, 0.1) is 0 Å². The highest BCUT2D eigenvalue weighted by Gasteiger charge is 2.38. The van der Waals surface area contributed by atoms with Crippen LogP contribution in [0, 0.1) is 5.41 Å². The van der Waals surface area contributed by atoms with Crippen LogP contribution in [0.2, 0.25) is 0 Å². The van der Waals surface area contributed by atoms with Crippen LogP contribution in [-0.4, -0.2) is 11.6 Å². The fourth-order valence-corrected chi connectivity index (χ4v) is 3.45. The lowest BCUT2D eigenvalue weighted by Crippen LogP contribution is -2.48. The monoisotopic (exact) mass is 259 g/mol. The van der Waals surface area contributed by atoms with Crippen LogP contribution in [0.25, 0.3) is 0 Å². The average Bonchev–Trinajstić information content (AvgIpc) is 2.75. The third-order valence-electron chi connectivity index (χ3n) is 4.95. The van der Waals surface area contributed by atoms with Crippen molar-refractivity contribution in [2.45, 2.75) is 64.0 Å². The van der Waals surface area contributed by atoms with Gasteiger partial charge < -0.3 is 10.5 Å². The fraction of sp³-hybridized carbons (Fsp3) is 0.647. The highest BCUT2D eigenvalue weighted by molar-refractivity contribution is 5.37. The van der Waals surface area contributed by atoms with Crippen molar-refractivity contribution in [2.75, 3.05) is 0 Å². The van der Waals surface area contributed by atoms with Crippen LogP contribution in [0.5, 0.6) is 5.75 Å². The molecule has 1 aliphatic carbocycles. The summed E-state index contributed by atoms with van der Waals surface area (Å²) in [6.45, 7) is 4.71. The molecule has 104 valence electrons. The van der Waals surface area contributed by atoms with Crippen molar-refractivity contribution in [3.63, 3.8) is 0 Å². The van der Waals surface area contributed by atoms with Crippen molar-refractivity contribution in [1.29, 1.82) is 0 Å². The Bertz CT molecular complexity index is 431. The Hall–Kier alpha value is -1.02. The molecule has 3 rings (SSSR count). The second-order valence-corrected chi connectivity index (χ2v) is 7.28. The van der Waals surface area contributed by atoms with Gasteiger partial charge in [0.25, 0.3) is 0 Å². The summed E-state index contributed by atoms with van der Waals surface area (Å²) in [6.07, 6.45) is 7.05. The standard InChI is InChI=1S/C17H25NO/c1-16(2)7-9-17(18,10-8-16)12-14-11-13-5-3-4-6-15(13)19-14/h3-6,14H,7-12,18H2,1-2H3. The number of hydrogen-bond donors (Lipinski definition) is 1. The van der Waals surface area contributed by atoms with Crippen LogP contribution < -0.4 is 10.5 Å². The molecular formula is C17H25NO. The number of hydrogen-bond acceptors (Lipinski definition) is 2. The largest absolute Gasteiger partial charge is 0.490 e. The number of ether oxygens (including phenoxy) is 1. The SMILES string of the molecule is CC1(C)CCC(N)(CC2Cc3ccccc3O2)CC1. The number of benzene rings is 1. The van der Waals surface area contributed by atoms with Crippen LogP contribution in [0.4, 0.5) is 0 Å². The highest BCUT2D eigenvalue weighted by atomic mass is 16.5. The second-order valence-electron chi connectivity index (χ2n) is 7.28. The van der Waals surface area contributed by atoms with Crippen LogP contribution in [0.1, 0.15) is 51.5 Å². The normalized spacial score (nSPS) is 27.6. The molecule has 0 bridgehead atoms. The minimum Gasteiger partial charge on any atom is -0.490 e. The molecule has 0 aromatic heterocycles. The Balaban J connectivity index is 1.62. The topological polar surface area (TPSA) is 35.2 Å². The van der Waals surface area contributed by atoms with Gasteiger partial charge in [-0.15, -0.1) is 0 Å². The van der Waals surface area contributed by atoms with E-state index in [-0.39, 0.29) is 11.6 Å². The van der Waals surface area contributed by atoms with Crippen molar-refractivity contribution in [1.82, 2.24) is 0 Å². The van der Waals surface area contributed by atoms with Gasteiger partial charge in [0.2, 0.25) is 0 Å². The van der Waals surface area contributed by atoms with E-state index in [1.807, 2.05) is 6.07 Å². The van der Waals surface area contributed by atoms with E-state index in [1.54, 1.807) is 0 Å². The van der Waals surface area contributed by atoms with E-state index in [0.717, 1.165) is 31.4 Å². The number of para-hydroxylation sites is 1. The molecule has 1 aromatic rings. The first-order chi connectivity index (χ1) is 8.96. The van der Waals surface area contributed by atoms with Gasteiger partial charge in [0.1, 0.15) is 11.9 Å². The number of nitrogens with two attached hydrogens (primary N) is 1. The lowest BCUT2D eigenvalue weighted by Gasteiger charge is -2.42. The summed E-state index contributed by atoms with van der Waals surface area (Å²) in [5.74, 6) is 1.06. The van der Waals surface area contributed by atoms with Gasteiger partial charge in [-0.3, -0.25) is 0 Å². The second kappa shape index (κ2) is 4.52. The maximum atomic E-state index is 6.61. The Labute approximate surface area is 116 Å². The molecule has 1 fully saturated rings. The number of rotatable bonds is 2. The zero-order chi connectivity index (χ0) is 13.5. The van der Waals surface area contributed by atoms with E-state index < -0.39 is 0 Å². The maximum Gasteiger partial charge on any atom is 0.123 e. The molecule has 0 saturated heterocycles. The van der Waals surface area contributed by atoms with Gasteiger partial charge in [-0.2, -0.15) is 0 Å². The first-order valence-corrected chi connectivity index (χ1v) is 7.49. The maximum absolute atomic E-state index is 6.61. The molecule has 1 heterocycles. The lowest BCUT2D eigenvalue weighted by atomic mass is 9.68. The minimum absolute atomic E-state index is 0.0117. The summed E-state index contributed by atoms with van der Waals surface area (Å²) in [5.41, 5.74) is 8.42. The van der Waals surface area contributed by atoms with E-state index in [2.05, 4.69) is 32.0 Å². The molecule has 0 spiro atoms. The Morgan fingerprint density at radius 1 is 1.16 bits per heavy atom. The Kier molecular flexibility index (Phi) is 3.09. The van der Waals surface area contributed by atoms with Gasteiger partial charge in [0.15, 0.2) is 0 Å². The molecule has 1 unspecified atom stereocenters. The summed E-state index contributed by atoms with van der Waals surface area (Å²) in [6, 6.07) is 8.37. The van der Waals surface area contributed by atoms with E-state index in [9.17, 15) is 0 Å². The van der Waals surface area contributed by atoms with Crippen LogP contribution in [-0.2, 0) is 6.42 Å². The lowest BCUT2D eigenvalue weighted by molar-refractivity contribution is 0.112. The molecule has 2 aliphatic rings. The summed E-state index contributed by atoms with van der Waals surface area (Å²) < 4.78 is 6.05. The predicted molar refractivity (Wildman–Crippen MR) is 78.3 cm³/mol. The highest BCUT2D eigenvalue weighted by Crippen LogP contribution is 2.42. The van der Waals surface area contributed by atoms with E-state index in [4.69, 9.17) is 10.5 Å². The molecular weight excluding hydrogens is 234 g/mol. The zero-order valence-corrected chi connectivity index (χ0v) is 12.1. The van der Waals surface area contributed by atoms with E-state index >= 15 is 0 Å². The zero-order valence-electron chi connectivity index (χ0n) is 12.1. The van der Waals surface area contributed by atoms with Crippen molar-refractivity contribution in [2.24, 2.45) is 11.1 Å². The van der Waals surface area contributed by atoms with Crippen molar-refractivity contribution in [3.8, 4) is 5.75 Å². The van der Waals surface area contributed by atoms with E-state index in [0.29, 0.717) is 5.41 Å². The Morgan fingerprint density at radius 3 is 2.53 bits per heavy atom. The summed E-state index contributed by atoms with van der Waals surface area (Å²) in [7, 11) is 0. The molecule has 1 aliphatic heterocycles. The van der Waals surface area contributed by atoms with Crippen LogP contribution >= 0.6 is 0 Å². The third-order valence-corrected chi connectivity index (χ3v) is 4.95. The van der Waals surface area contributed by atoms with Gasteiger partial charge in [-0.1, -0.05) is 32.0 Å². The molecule has 19 heavy (non-hydrogen) atoms. The average molecular weight is 259 g/mol. The predicted octanol–water partition coefficient (Wildman–Crippen LogP) is 3.68. The van der Waals surface area contributed by atoms with Crippen LogP contribution in [0.15, 0.2) is 24.3 Å². The summed E-state index contributed by atoms with van der Waals surface area (Å²) >= 11 is 0.